The van der Waals surface area contributed by atoms with E-state index in [1.165, 1.54) is 0 Å². The summed E-state index contributed by atoms with van der Waals surface area (Å²) in [6, 6.07) is 7.26. The molecule has 0 fully saturated rings. The van der Waals surface area contributed by atoms with Gasteiger partial charge in [-0.25, -0.2) is 0 Å². The number of ether oxygens (including phenoxy) is 1. The number of hydrogen-bond donors (Lipinski definition) is 1. The Morgan fingerprint density at radius 1 is 1.53 bits per heavy atom. The maximum atomic E-state index is 11.3. The normalized spacial score (nSPS) is 12.2. The van der Waals surface area contributed by atoms with Crippen molar-refractivity contribution in [3.63, 3.8) is 0 Å². The summed E-state index contributed by atoms with van der Waals surface area (Å²) in [5, 5.41) is 0.603. The van der Waals surface area contributed by atoms with Gasteiger partial charge < -0.3 is 10.5 Å². The molecule has 4 heteroatoms. The van der Waals surface area contributed by atoms with E-state index in [-0.39, 0.29) is 18.5 Å². The molecule has 0 spiro atoms. The first-order valence-corrected chi connectivity index (χ1v) is 5.13. The first-order valence-electron chi connectivity index (χ1n) is 4.75. The van der Waals surface area contributed by atoms with Gasteiger partial charge in [0, 0.05) is 17.1 Å². The third kappa shape index (κ3) is 3.53. The van der Waals surface area contributed by atoms with Crippen molar-refractivity contribution in [3.8, 4) is 0 Å². The van der Waals surface area contributed by atoms with Gasteiger partial charge in [-0.1, -0.05) is 36.7 Å². The van der Waals surface area contributed by atoms with Crippen molar-refractivity contribution in [2.45, 2.75) is 13.5 Å². The Morgan fingerprint density at radius 2 is 2.20 bits per heavy atom. The van der Waals surface area contributed by atoms with Crippen LogP contribution in [0.15, 0.2) is 24.3 Å². The molecule has 1 atom stereocenters. The van der Waals surface area contributed by atoms with Crippen LogP contribution >= 0.6 is 11.6 Å². The monoisotopic (exact) mass is 227 g/mol. The molecule has 1 unspecified atom stereocenters. The maximum Gasteiger partial charge on any atom is 0.310 e. The molecule has 15 heavy (non-hydrogen) atoms. The van der Waals surface area contributed by atoms with Gasteiger partial charge in [0.1, 0.15) is 6.61 Å². The number of hydrogen-bond acceptors (Lipinski definition) is 3. The summed E-state index contributed by atoms with van der Waals surface area (Å²) in [4.78, 5) is 11.3. The summed E-state index contributed by atoms with van der Waals surface area (Å²) in [5.74, 6) is -0.565. The zero-order valence-corrected chi connectivity index (χ0v) is 9.33. The summed E-state index contributed by atoms with van der Waals surface area (Å²) in [6.07, 6.45) is 0. The highest BCUT2D eigenvalue weighted by molar-refractivity contribution is 6.31. The first-order chi connectivity index (χ1) is 7.15. The van der Waals surface area contributed by atoms with E-state index in [1.807, 2.05) is 18.2 Å². The molecule has 82 valence electrons. The largest absolute Gasteiger partial charge is 0.461 e. The maximum absolute atomic E-state index is 11.3. The smallest absolute Gasteiger partial charge is 0.310 e. The van der Waals surface area contributed by atoms with Gasteiger partial charge >= 0.3 is 5.97 Å². The minimum Gasteiger partial charge on any atom is -0.461 e. The van der Waals surface area contributed by atoms with Gasteiger partial charge in [-0.15, -0.1) is 0 Å². The molecule has 0 aromatic heterocycles. The quantitative estimate of drug-likeness (QED) is 0.801. The Balaban J connectivity index is 2.51. The number of nitrogens with two attached hydrogens (primary N) is 1. The van der Waals surface area contributed by atoms with Crippen LogP contribution in [0.5, 0.6) is 0 Å². The van der Waals surface area contributed by atoms with E-state index in [0.29, 0.717) is 11.6 Å². The molecule has 0 heterocycles. The van der Waals surface area contributed by atoms with E-state index in [1.54, 1.807) is 13.0 Å². The lowest BCUT2D eigenvalue weighted by atomic mass is 10.2. The van der Waals surface area contributed by atoms with Crippen LogP contribution in [0, 0.1) is 5.92 Å². The molecular formula is C11H14ClNO2. The van der Waals surface area contributed by atoms with Crippen LogP contribution in [0.3, 0.4) is 0 Å². The number of benzene rings is 1. The molecular weight excluding hydrogens is 214 g/mol. The highest BCUT2D eigenvalue weighted by Crippen LogP contribution is 2.16. The van der Waals surface area contributed by atoms with E-state index in [0.717, 1.165) is 5.56 Å². The molecule has 0 saturated carbocycles. The summed E-state index contributed by atoms with van der Waals surface area (Å²) in [6.45, 7) is 2.22. The van der Waals surface area contributed by atoms with Crippen molar-refractivity contribution >= 4 is 17.6 Å². The van der Waals surface area contributed by atoms with E-state index in [2.05, 4.69) is 0 Å². The van der Waals surface area contributed by atoms with Crippen molar-refractivity contribution < 1.29 is 9.53 Å². The molecule has 0 bridgehead atoms. The van der Waals surface area contributed by atoms with Crippen molar-refractivity contribution in [2.24, 2.45) is 11.7 Å². The van der Waals surface area contributed by atoms with Gasteiger partial charge in [0.25, 0.3) is 0 Å². The standard InChI is InChI=1S/C11H14ClNO2/c1-8(6-13)11(14)15-7-9-4-2-3-5-10(9)12/h2-5,8H,6-7,13H2,1H3. The Hall–Kier alpha value is -1.06. The number of carbonyl (C=O) groups excluding carboxylic acids is 1. The van der Waals surface area contributed by atoms with E-state index in [9.17, 15) is 4.79 Å². The van der Waals surface area contributed by atoms with Crippen LogP contribution in [0.4, 0.5) is 0 Å². The second-order valence-electron chi connectivity index (χ2n) is 3.34. The highest BCUT2D eigenvalue weighted by atomic mass is 35.5. The lowest BCUT2D eigenvalue weighted by Crippen LogP contribution is -2.22. The number of carbonyl (C=O) groups is 1. The molecule has 1 rings (SSSR count). The molecule has 1 aromatic carbocycles. The molecule has 0 radical (unpaired) electrons. The number of halogens is 1. The highest BCUT2D eigenvalue weighted by Gasteiger charge is 2.12. The predicted molar refractivity (Wildman–Crippen MR) is 59.5 cm³/mol. The second kappa shape index (κ2) is 5.73. The van der Waals surface area contributed by atoms with Gasteiger partial charge in [-0.3, -0.25) is 4.79 Å². The minimum absolute atomic E-state index is 0.197. The molecule has 1 aromatic rings. The average molecular weight is 228 g/mol. The average Bonchev–Trinajstić information content (AvgIpc) is 2.26. The molecule has 0 aliphatic carbocycles. The SMILES string of the molecule is CC(CN)C(=O)OCc1ccccc1Cl. The fourth-order valence-corrected chi connectivity index (χ4v) is 1.19. The second-order valence-corrected chi connectivity index (χ2v) is 3.74. The third-order valence-electron chi connectivity index (χ3n) is 2.08. The van der Waals surface area contributed by atoms with Crippen LogP contribution in [-0.4, -0.2) is 12.5 Å². The van der Waals surface area contributed by atoms with Crippen molar-refractivity contribution in [1.82, 2.24) is 0 Å². The van der Waals surface area contributed by atoms with Crippen LogP contribution in [0.25, 0.3) is 0 Å². The zero-order chi connectivity index (χ0) is 11.3. The van der Waals surface area contributed by atoms with Gasteiger partial charge in [0.2, 0.25) is 0 Å². The van der Waals surface area contributed by atoms with Crippen LogP contribution in [0.2, 0.25) is 5.02 Å². The summed E-state index contributed by atoms with van der Waals surface area (Å²) < 4.78 is 5.06. The van der Waals surface area contributed by atoms with Crippen LogP contribution in [0.1, 0.15) is 12.5 Å². The van der Waals surface area contributed by atoms with Gasteiger partial charge in [-0.2, -0.15) is 0 Å². The third-order valence-corrected chi connectivity index (χ3v) is 2.45. The number of esters is 1. The fraction of sp³-hybridized carbons (Fsp3) is 0.364. The number of rotatable bonds is 4. The van der Waals surface area contributed by atoms with Crippen molar-refractivity contribution in [2.75, 3.05) is 6.54 Å². The topological polar surface area (TPSA) is 52.3 Å². The predicted octanol–water partition coefficient (Wildman–Crippen LogP) is 1.98. The first kappa shape index (κ1) is 12.0. The summed E-state index contributed by atoms with van der Waals surface area (Å²) in [5.41, 5.74) is 6.15. The molecule has 0 saturated heterocycles. The van der Waals surface area contributed by atoms with Gasteiger partial charge in [-0.05, 0) is 6.07 Å². The van der Waals surface area contributed by atoms with E-state index >= 15 is 0 Å². The van der Waals surface area contributed by atoms with Gasteiger partial charge in [0.15, 0.2) is 0 Å². The Morgan fingerprint density at radius 3 is 2.80 bits per heavy atom. The van der Waals surface area contributed by atoms with Crippen LogP contribution in [-0.2, 0) is 16.1 Å². The van der Waals surface area contributed by atoms with Crippen molar-refractivity contribution in [3.05, 3.63) is 34.9 Å². The van der Waals surface area contributed by atoms with Gasteiger partial charge in [0.05, 0.1) is 5.92 Å². The Bertz CT molecular complexity index is 341. The Labute approximate surface area is 94.2 Å². The summed E-state index contributed by atoms with van der Waals surface area (Å²) >= 11 is 5.91. The minimum atomic E-state index is -0.294. The molecule has 3 nitrogen and oxygen atoms in total. The molecule has 0 amide bonds. The lowest BCUT2D eigenvalue weighted by molar-refractivity contribution is -0.148. The van der Waals surface area contributed by atoms with Crippen LogP contribution < -0.4 is 5.73 Å². The van der Waals surface area contributed by atoms with E-state index < -0.39 is 0 Å². The Kier molecular flexibility index (Phi) is 4.59. The summed E-state index contributed by atoms with van der Waals surface area (Å²) in [7, 11) is 0. The molecule has 2 N–H and O–H groups in total. The fourth-order valence-electron chi connectivity index (χ4n) is 1.00. The van der Waals surface area contributed by atoms with Crippen molar-refractivity contribution in [1.29, 1.82) is 0 Å². The zero-order valence-electron chi connectivity index (χ0n) is 8.57. The van der Waals surface area contributed by atoms with E-state index in [4.69, 9.17) is 22.1 Å². The molecule has 0 aliphatic rings. The lowest BCUT2D eigenvalue weighted by Gasteiger charge is -2.09. The molecule has 0 aliphatic heterocycles.